The Kier molecular flexibility index (Phi) is 6.10. The molecular formula is C11H18N4O5. The minimum atomic E-state index is -0.602. The average molecular weight is 286 g/mol. The number of carbonyl (C=O) groups is 1. The van der Waals surface area contributed by atoms with Crippen LogP contribution < -0.4 is 16.9 Å². The Morgan fingerprint density at radius 3 is 2.85 bits per heavy atom. The number of rotatable bonds is 7. The second-order valence-corrected chi connectivity index (χ2v) is 4.05. The van der Waals surface area contributed by atoms with Gasteiger partial charge in [-0.1, -0.05) is 0 Å². The van der Waals surface area contributed by atoms with Gasteiger partial charge in [0.25, 0.3) is 0 Å². The number of nitrogens with two attached hydrogens (primary N) is 1. The van der Waals surface area contributed by atoms with Crippen molar-refractivity contribution in [3.05, 3.63) is 22.7 Å². The van der Waals surface area contributed by atoms with Crippen molar-refractivity contribution in [2.45, 2.75) is 26.2 Å². The third-order valence-electron chi connectivity index (χ3n) is 2.41. The van der Waals surface area contributed by atoms with Gasteiger partial charge in [0, 0.05) is 6.20 Å². The average Bonchev–Trinajstić information content (AvgIpc) is 2.44. The summed E-state index contributed by atoms with van der Waals surface area (Å²) in [5, 5.41) is 8.63. The van der Waals surface area contributed by atoms with Gasteiger partial charge in [0.15, 0.2) is 5.82 Å². The molecule has 0 spiro atoms. The number of aromatic nitrogens is 2. The number of carbonyl (C=O) groups excluding carboxylic acids is 1. The molecule has 2 atom stereocenters. The molecule has 1 aromatic heterocycles. The largest absolute Gasteiger partial charge is 0.462 e. The fraction of sp³-hybridized carbons (Fsp3) is 0.545. The molecule has 0 saturated heterocycles. The van der Waals surface area contributed by atoms with Crippen LogP contribution in [-0.4, -0.2) is 40.0 Å². The van der Waals surface area contributed by atoms with Gasteiger partial charge >= 0.3 is 11.7 Å². The van der Waals surface area contributed by atoms with Crippen molar-refractivity contribution in [1.29, 1.82) is 0 Å². The minimum Gasteiger partial charge on any atom is -0.462 e. The summed E-state index contributed by atoms with van der Waals surface area (Å²) in [6.07, 6.45) is 0.411. The van der Waals surface area contributed by atoms with Crippen LogP contribution in [0.3, 0.4) is 0 Å². The van der Waals surface area contributed by atoms with E-state index in [0.717, 1.165) is 0 Å². The predicted molar refractivity (Wildman–Crippen MR) is 69.2 cm³/mol. The molecule has 0 aliphatic heterocycles. The van der Waals surface area contributed by atoms with Crippen LogP contribution in [0.4, 0.5) is 5.82 Å². The van der Waals surface area contributed by atoms with Gasteiger partial charge in [-0.05, 0) is 19.9 Å². The number of anilines is 1. The summed E-state index contributed by atoms with van der Waals surface area (Å²) in [4.78, 5) is 26.1. The normalized spacial score (nSPS) is 13.6. The fourth-order valence-corrected chi connectivity index (χ4v) is 1.46. The summed E-state index contributed by atoms with van der Waals surface area (Å²) in [7, 11) is 0. The molecule has 112 valence electrons. The maximum atomic E-state index is 11.7. The van der Waals surface area contributed by atoms with Gasteiger partial charge in [-0.3, -0.25) is 20.0 Å². The van der Waals surface area contributed by atoms with Crippen LogP contribution in [0.5, 0.6) is 0 Å². The molecule has 0 amide bonds. The van der Waals surface area contributed by atoms with E-state index in [4.69, 9.17) is 20.4 Å². The topological polar surface area (TPSA) is 129 Å². The molecule has 0 aliphatic carbocycles. The SMILES string of the molecule is CC(COC(=O)CN)OC(C)n1ccc(NO)nc1=O. The lowest BCUT2D eigenvalue weighted by Crippen LogP contribution is -2.31. The number of hydrogen-bond donors (Lipinski definition) is 3. The van der Waals surface area contributed by atoms with Gasteiger partial charge in [-0.15, -0.1) is 0 Å². The zero-order valence-corrected chi connectivity index (χ0v) is 11.3. The monoisotopic (exact) mass is 286 g/mol. The molecule has 0 aromatic carbocycles. The Hall–Kier alpha value is -1.97. The molecule has 20 heavy (non-hydrogen) atoms. The van der Waals surface area contributed by atoms with Crippen molar-refractivity contribution in [2.75, 3.05) is 18.6 Å². The molecule has 4 N–H and O–H groups in total. The summed E-state index contributed by atoms with van der Waals surface area (Å²) >= 11 is 0. The molecule has 9 nitrogen and oxygen atoms in total. The van der Waals surface area contributed by atoms with Crippen molar-refractivity contribution in [3.8, 4) is 0 Å². The van der Waals surface area contributed by atoms with Gasteiger partial charge in [0.1, 0.15) is 12.8 Å². The van der Waals surface area contributed by atoms with Gasteiger partial charge in [-0.25, -0.2) is 4.79 Å². The van der Waals surface area contributed by atoms with Crippen molar-refractivity contribution in [1.82, 2.24) is 9.55 Å². The fourth-order valence-electron chi connectivity index (χ4n) is 1.46. The van der Waals surface area contributed by atoms with E-state index >= 15 is 0 Å². The third kappa shape index (κ3) is 4.61. The lowest BCUT2D eigenvalue weighted by molar-refractivity contribution is -0.148. The zero-order chi connectivity index (χ0) is 15.1. The van der Waals surface area contributed by atoms with Crippen molar-refractivity contribution in [2.24, 2.45) is 5.73 Å². The van der Waals surface area contributed by atoms with Crippen molar-refractivity contribution in [3.63, 3.8) is 0 Å². The van der Waals surface area contributed by atoms with E-state index in [1.54, 1.807) is 19.3 Å². The van der Waals surface area contributed by atoms with E-state index < -0.39 is 24.0 Å². The van der Waals surface area contributed by atoms with Gasteiger partial charge in [0.2, 0.25) is 0 Å². The molecule has 0 fully saturated rings. The maximum Gasteiger partial charge on any atom is 0.351 e. The van der Waals surface area contributed by atoms with Crippen LogP contribution in [-0.2, 0) is 14.3 Å². The highest BCUT2D eigenvalue weighted by atomic mass is 16.6. The molecule has 1 heterocycles. The molecule has 1 aromatic rings. The van der Waals surface area contributed by atoms with Crippen LogP contribution in [0, 0.1) is 0 Å². The zero-order valence-electron chi connectivity index (χ0n) is 11.3. The number of nitrogens with one attached hydrogen (secondary N) is 1. The number of hydrogen-bond acceptors (Lipinski definition) is 8. The minimum absolute atomic E-state index is 0.0405. The second kappa shape index (κ2) is 7.58. The lowest BCUT2D eigenvalue weighted by Gasteiger charge is -2.20. The number of esters is 1. The first-order valence-electron chi connectivity index (χ1n) is 5.98. The first kappa shape index (κ1) is 16.1. The highest BCUT2D eigenvalue weighted by Crippen LogP contribution is 2.09. The predicted octanol–water partition coefficient (Wildman–Crippen LogP) is -0.530. The Morgan fingerprint density at radius 1 is 1.60 bits per heavy atom. The molecule has 0 bridgehead atoms. The molecule has 9 heteroatoms. The molecular weight excluding hydrogens is 268 g/mol. The van der Waals surface area contributed by atoms with E-state index in [1.165, 1.54) is 16.8 Å². The van der Waals surface area contributed by atoms with E-state index in [9.17, 15) is 9.59 Å². The Bertz CT molecular complexity index is 504. The molecule has 0 radical (unpaired) electrons. The summed E-state index contributed by atoms with van der Waals surface area (Å²) in [5.74, 6) is -0.478. The number of ether oxygens (including phenoxy) is 2. The van der Waals surface area contributed by atoms with Crippen LogP contribution in [0.1, 0.15) is 20.1 Å². The maximum absolute atomic E-state index is 11.7. The Balaban J connectivity index is 2.60. The van der Waals surface area contributed by atoms with E-state index in [0.29, 0.717) is 0 Å². The second-order valence-electron chi connectivity index (χ2n) is 4.05. The highest BCUT2D eigenvalue weighted by Gasteiger charge is 2.13. The van der Waals surface area contributed by atoms with Crippen LogP contribution in [0.2, 0.25) is 0 Å². The smallest absolute Gasteiger partial charge is 0.351 e. The standard InChI is InChI=1S/C11H18N4O5/c1-7(6-19-10(16)5-12)20-8(2)15-4-3-9(14-18)13-11(15)17/h3-4,7-8,18H,5-6,12H2,1-2H3,(H,13,14,17). The van der Waals surface area contributed by atoms with Crippen LogP contribution >= 0.6 is 0 Å². The molecule has 0 saturated carbocycles. The van der Waals surface area contributed by atoms with Gasteiger partial charge < -0.3 is 15.2 Å². The van der Waals surface area contributed by atoms with Gasteiger partial charge in [0.05, 0.1) is 12.6 Å². The highest BCUT2D eigenvalue weighted by molar-refractivity contribution is 5.71. The van der Waals surface area contributed by atoms with E-state index in [1.807, 2.05) is 0 Å². The molecule has 2 unspecified atom stereocenters. The van der Waals surface area contributed by atoms with Gasteiger partial charge in [-0.2, -0.15) is 4.98 Å². The van der Waals surface area contributed by atoms with Crippen molar-refractivity contribution < 1.29 is 19.5 Å². The molecule has 1 rings (SSSR count). The quantitative estimate of drug-likeness (QED) is 0.450. The number of nitrogens with zero attached hydrogens (tertiary/aromatic N) is 2. The Labute approximate surface area is 115 Å². The van der Waals surface area contributed by atoms with Crippen LogP contribution in [0.25, 0.3) is 0 Å². The van der Waals surface area contributed by atoms with Crippen LogP contribution in [0.15, 0.2) is 17.1 Å². The Morgan fingerprint density at radius 2 is 2.30 bits per heavy atom. The summed E-state index contributed by atoms with van der Waals surface area (Å²) in [6.45, 7) is 3.19. The summed E-state index contributed by atoms with van der Waals surface area (Å²) in [5.41, 5.74) is 6.30. The lowest BCUT2D eigenvalue weighted by atomic mass is 10.4. The van der Waals surface area contributed by atoms with E-state index in [2.05, 4.69) is 4.98 Å². The first-order chi connectivity index (χ1) is 9.47. The first-order valence-corrected chi connectivity index (χ1v) is 5.98. The summed E-state index contributed by atoms with van der Waals surface area (Å²) in [6, 6.07) is 1.42. The summed E-state index contributed by atoms with van der Waals surface area (Å²) < 4.78 is 11.6. The van der Waals surface area contributed by atoms with Crippen molar-refractivity contribution >= 4 is 11.8 Å². The molecule has 0 aliphatic rings. The third-order valence-corrected chi connectivity index (χ3v) is 2.41. The van der Waals surface area contributed by atoms with E-state index in [-0.39, 0.29) is 19.0 Å².